The molecule has 17 heavy (non-hydrogen) atoms. The van der Waals surface area contributed by atoms with Gasteiger partial charge in [-0.05, 0) is 49.3 Å². The third-order valence-electron chi connectivity index (χ3n) is 4.06. The number of hydrogen-bond donors (Lipinski definition) is 1. The Bertz CT molecular complexity index is 351. The second kappa shape index (κ2) is 6.55. The molecule has 2 rings (SSSR count). The van der Waals surface area contributed by atoms with Crippen LogP contribution in [0.3, 0.4) is 0 Å². The summed E-state index contributed by atoms with van der Waals surface area (Å²) < 4.78 is 1.25. The van der Waals surface area contributed by atoms with Crippen molar-refractivity contribution in [2.24, 2.45) is 17.6 Å². The van der Waals surface area contributed by atoms with Crippen molar-refractivity contribution in [2.45, 2.75) is 38.5 Å². The SMILES string of the molecule is NCC1CCCCCC1Cc1ccccc1Br. The van der Waals surface area contributed by atoms with Crippen LogP contribution in [0.2, 0.25) is 0 Å². The lowest BCUT2D eigenvalue weighted by molar-refractivity contribution is 0.318. The van der Waals surface area contributed by atoms with Gasteiger partial charge in [-0.3, -0.25) is 0 Å². The third-order valence-corrected chi connectivity index (χ3v) is 4.83. The summed E-state index contributed by atoms with van der Waals surface area (Å²) in [5.74, 6) is 1.51. The fourth-order valence-electron chi connectivity index (χ4n) is 2.99. The van der Waals surface area contributed by atoms with E-state index in [9.17, 15) is 0 Å². The molecule has 1 aromatic carbocycles. The molecule has 2 heteroatoms. The molecule has 0 aliphatic heterocycles. The van der Waals surface area contributed by atoms with Gasteiger partial charge in [0.15, 0.2) is 0 Å². The van der Waals surface area contributed by atoms with E-state index in [4.69, 9.17) is 5.73 Å². The van der Waals surface area contributed by atoms with Crippen molar-refractivity contribution >= 4 is 15.9 Å². The Kier molecular flexibility index (Phi) is 5.05. The van der Waals surface area contributed by atoms with Crippen LogP contribution in [0.4, 0.5) is 0 Å². The molecule has 1 fully saturated rings. The third kappa shape index (κ3) is 3.56. The first kappa shape index (κ1) is 13.1. The van der Waals surface area contributed by atoms with Gasteiger partial charge in [-0.2, -0.15) is 0 Å². The van der Waals surface area contributed by atoms with Gasteiger partial charge in [0, 0.05) is 4.47 Å². The standard InChI is InChI=1S/C15H22BrN/c16-15-9-5-4-7-13(15)10-12-6-2-1-3-8-14(12)11-17/h4-5,7,9,12,14H,1-3,6,8,10-11,17H2. The summed E-state index contributed by atoms with van der Waals surface area (Å²) in [4.78, 5) is 0. The summed E-state index contributed by atoms with van der Waals surface area (Å²) in [6, 6.07) is 8.60. The molecule has 0 saturated heterocycles. The average molecular weight is 296 g/mol. The van der Waals surface area contributed by atoms with Gasteiger partial charge < -0.3 is 5.73 Å². The highest BCUT2D eigenvalue weighted by atomic mass is 79.9. The monoisotopic (exact) mass is 295 g/mol. The molecule has 0 radical (unpaired) electrons. The Labute approximate surface area is 113 Å². The van der Waals surface area contributed by atoms with Crippen LogP contribution in [0.1, 0.15) is 37.7 Å². The quantitative estimate of drug-likeness (QED) is 0.833. The zero-order chi connectivity index (χ0) is 12.1. The molecule has 1 saturated carbocycles. The first-order valence-corrected chi connectivity index (χ1v) is 7.54. The average Bonchev–Trinajstić information content (AvgIpc) is 2.57. The predicted octanol–water partition coefficient (Wildman–Crippen LogP) is 4.15. The number of rotatable bonds is 3. The van der Waals surface area contributed by atoms with Gasteiger partial charge in [-0.15, -0.1) is 0 Å². The van der Waals surface area contributed by atoms with E-state index in [0.717, 1.165) is 18.4 Å². The molecular formula is C15H22BrN. The molecule has 0 heterocycles. The predicted molar refractivity (Wildman–Crippen MR) is 77.0 cm³/mol. The van der Waals surface area contributed by atoms with E-state index in [1.54, 1.807) is 0 Å². The van der Waals surface area contributed by atoms with Crippen molar-refractivity contribution < 1.29 is 0 Å². The van der Waals surface area contributed by atoms with Gasteiger partial charge in [-0.1, -0.05) is 53.4 Å². The molecule has 1 aliphatic rings. The Morgan fingerprint density at radius 1 is 1.06 bits per heavy atom. The van der Waals surface area contributed by atoms with Gasteiger partial charge in [0.05, 0.1) is 0 Å². The Morgan fingerprint density at radius 3 is 2.47 bits per heavy atom. The van der Waals surface area contributed by atoms with Crippen molar-refractivity contribution in [3.05, 3.63) is 34.3 Å². The lowest BCUT2D eigenvalue weighted by atomic mass is 9.83. The zero-order valence-corrected chi connectivity index (χ0v) is 12.0. The van der Waals surface area contributed by atoms with Crippen LogP contribution in [0.5, 0.6) is 0 Å². The number of nitrogens with two attached hydrogens (primary N) is 1. The number of benzene rings is 1. The minimum atomic E-state index is 0.726. The maximum atomic E-state index is 5.94. The summed E-state index contributed by atoms with van der Waals surface area (Å²) in [7, 11) is 0. The fraction of sp³-hybridized carbons (Fsp3) is 0.600. The van der Waals surface area contributed by atoms with Crippen LogP contribution in [-0.4, -0.2) is 6.54 Å². The minimum Gasteiger partial charge on any atom is -0.330 e. The highest BCUT2D eigenvalue weighted by Crippen LogP contribution is 2.32. The molecular weight excluding hydrogens is 274 g/mol. The molecule has 0 aromatic heterocycles. The summed E-state index contributed by atoms with van der Waals surface area (Å²) in [6.07, 6.45) is 8.00. The van der Waals surface area contributed by atoms with Crippen molar-refractivity contribution in [3.63, 3.8) is 0 Å². The Morgan fingerprint density at radius 2 is 1.76 bits per heavy atom. The molecule has 0 spiro atoms. The van der Waals surface area contributed by atoms with Gasteiger partial charge >= 0.3 is 0 Å². The van der Waals surface area contributed by atoms with E-state index < -0.39 is 0 Å². The maximum absolute atomic E-state index is 5.94. The van der Waals surface area contributed by atoms with Crippen molar-refractivity contribution in [2.75, 3.05) is 6.54 Å². The first-order chi connectivity index (χ1) is 8.31. The lowest BCUT2D eigenvalue weighted by Gasteiger charge is -2.24. The van der Waals surface area contributed by atoms with E-state index in [1.807, 2.05) is 0 Å². The summed E-state index contributed by atoms with van der Waals surface area (Å²) in [5.41, 5.74) is 7.39. The first-order valence-electron chi connectivity index (χ1n) is 6.74. The normalized spacial score (nSPS) is 25.5. The van der Waals surface area contributed by atoms with Gasteiger partial charge in [-0.25, -0.2) is 0 Å². The van der Waals surface area contributed by atoms with Crippen LogP contribution in [0, 0.1) is 11.8 Å². The van der Waals surface area contributed by atoms with Crippen LogP contribution in [0.25, 0.3) is 0 Å². The second-order valence-corrected chi connectivity index (χ2v) is 6.04. The van der Waals surface area contributed by atoms with E-state index in [-0.39, 0.29) is 0 Å². The van der Waals surface area contributed by atoms with Crippen LogP contribution in [0.15, 0.2) is 28.7 Å². The second-order valence-electron chi connectivity index (χ2n) is 5.19. The van der Waals surface area contributed by atoms with Gasteiger partial charge in [0.2, 0.25) is 0 Å². The summed E-state index contributed by atoms with van der Waals surface area (Å²) >= 11 is 3.65. The van der Waals surface area contributed by atoms with Crippen LogP contribution >= 0.6 is 15.9 Å². The highest BCUT2D eigenvalue weighted by Gasteiger charge is 2.23. The van der Waals surface area contributed by atoms with Crippen molar-refractivity contribution in [1.29, 1.82) is 0 Å². The topological polar surface area (TPSA) is 26.0 Å². The highest BCUT2D eigenvalue weighted by molar-refractivity contribution is 9.10. The molecule has 2 unspecified atom stereocenters. The summed E-state index contributed by atoms with van der Waals surface area (Å²) in [5, 5.41) is 0. The number of hydrogen-bond acceptors (Lipinski definition) is 1. The molecule has 0 amide bonds. The molecule has 1 nitrogen and oxygen atoms in total. The van der Waals surface area contributed by atoms with Crippen LogP contribution in [-0.2, 0) is 6.42 Å². The summed E-state index contributed by atoms with van der Waals surface area (Å²) in [6.45, 7) is 0.856. The van der Waals surface area contributed by atoms with Crippen molar-refractivity contribution in [1.82, 2.24) is 0 Å². The van der Waals surface area contributed by atoms with Crippen molar-refractivity contribution in [3.8, 4) is 0 Å². The zero-order valence-electron chi connectivity index (χ0n) is 10.4. The van der Waals surface area contributed by atoms with Gasteiger partial charge in [0.1, 0.15) is 0 Å². The minimum absolute atomic E-state index is 0.726. The van der Waals surface area contributed by atoms with E-state index >= 15 is 0 Å². The maximum Gasteiger partial charge on any atom is 0.0207 e. The molecule has 0 bridgehead atoms. The molecule has 2 atom stereocenters. The van der Waals surface area contributed by atoms with E-state index in [2.05, 4.69) is 40.2 Å². The number of halogens is 1. The van der Waals surface area contributed by atoms with Crippen LogP contribution < -0.4 is 5.73 Å². The lowest BCUT2D eigenvalue weighted by Crippen LogP contribution is -2.24. The largest absolute Gasteiger partial charge is 0.330 e. The van der Waals surface area contributed by atoms with E-state index in [1.165, 1.54) is 48.6 Å². The Hall–Kier alpha value is -0.340. The fourth-order valence-corrected chi connectivity index (χ4v) is 3.43. The molecule has 1 aliphatic carbocycles. The molecule has 1 aromatic rings. The van der Waals surface area contributed by atoms with Gasteiger partial charge in [0.25, 0.3) is 0 Å². The molecule has 94 valence electrons. The Balaban J connectivity index is 2.07. The van der Waals surface area contributed by atoms with E-state index in [0.29, 0.717) is 0 Å². The smallest absolute Gasteiger partial charge is 0.0207 e. The molecule has 2 N–H and O–H groups in total.